The van der Waals surface area contributed by atoms with Crippen molar-refractivity contribution in [3.63, 3.8) is 0 Å². The van der Waals surface area contributed by atoms with Gasteiger partial charge in [0, 0.05) is 105 Å². The maximum absolute atomic E-state index is 7.03. The van der Waals surface area contributed by atoms with Crippen LogP contribution in [0.25, 0.3) is 74.8 Å². The zero-order valence-electron chi connectivity index (χ0n) is 52.1. The Kier molecular flexibility index (Phi) is 12.0. The maximum atomic E-state index is 7.03. The number of furan rings is 2. The second-order valence-corrected chi connectivity index (χ2v) is 28.0. The SMILES string of the molecule is CC(C)(C)c1ccc(N2c3cc(N(c4ccc5sc6ccccc6c5c4)c4cccc5c4oc4ccccc45)ccc3B3c4cc5c(cc4N(c4ccc(C(C)(C)C)cc4)c4cc(N(c6ccccc6)c6ccc7ccccc7c6)cc2c43)oc2ccccc25)cc1. The lowest BCUT2D eigenvalue weighted by atomic mass is 9.33. The van der Waals surface area contributed by atoms with Crippen LogP contribution >= 0.6 is 11.3 Å². The van der Waals surface area contributed by atoms with Gasteiger partial charge in [0.2, 0.25) is 0 Å². The smallest absolute Gasteiger partial charge is 0.252 e. The summed E-state index contributed by atoms with van der Waals surface area (Å²) < 4.78 is 16.5. The minimum Gasteiger partial charge on any atom is -0.456 e. The van der Waals surface area contributed by atoms with Crippen LogP contribution in [-0.2, 0) is 10.8 Å². The van der Waals surface area contributed by atoms with Gasteiger partial charge in [0.05, 0.1) is 11.4 Å². The van der Waals surface area contributed by atoms with Crippen LogP contribution in [0.4, 0.5) is 68.2 Å². The Bertz CT molecular complexity index is 5660. The third-order valence-corrected chi connectivity index (χ3v) is 20.4. The zero-order valence-corrected chi connectivity index (χ0v) is 52.9. The van der Waals surface area contributed by atoms with E-state index in [9.17, 15) is 0 Å². The van der Waals surface area contributed by atoms with Gasteiger partial charge < -0.3 is 28.4 Å². The summed E-state index contributed by atoms with van der Waals surface area (Å²) in [5.41, 5.74) is 22.0. The van der Waals surface area contributed by atoms with Crippen LogP contribution in [0.5, 0.6) is 0 Å². The molecule has 92 heavy (non-hydrogen) atoms. The molecular formula is C84H63BN4O2S. The Morgan fingerprint density at radius 2 is 0.880 bits per heavy atom. The van der Waals surface area contributed by atoms with Gasteiger partial charge in [0.15, 0.2) is 5.58 Å². The van der Waals surface area contributed by atoms with E-state index in [-0.39, 0.29) is 17.5 Å². The number of hydrogen-bond donors (Lipinski definition) is 0. The summed E-state index contributed by atoms with van der Waals surface area (Å²) in [6.45, 7) is 13.5. The second kappa shape index (κ2) is 20.4. The molecule has 0 saturated heterocycles. The van der Waals surface area contributed by atoms with E-state index in [0.29, 0.717) is 0 Å². The first-order chi connectivity index (χ1) is 44.9. The normalized spacial score (nSPS) is 13.0. The van der Waals surface area contributed by atoms with Gasteiger partial charge in [0.25, 0.3) is 6.71 Å². The molecule has 0 N–H and O–H groups in total. The molecule has 3 aromatic heterocycles. The molecule has 16 aromatic rings. The number of nitrogens with zero attached hydrogens (tertiary/aromatic N) is 4. The van der Waals surface area contributed by atoms with Crippen LogP contribution in [-0.4, -0.2) is 6.71 Å². The van der Waals surface area contributed by atoms with Gasteiger partial charge in [0.1, 0.15) is 16.7 Å². The lowest BCUT2D eigenvalue weighted by molar-refractivity contribution is 0.590. The summed E-state index contributed by atoms with van der Waals surface area (Å²) in [5, 5.41) is 9.18. The molecule has 0 radical (unpaired) electrons. The molecule has 2 aliphatic rings. The molecule has 5 heterocycles. The van der Waals surface area contributed by atoms with Crippen molar-refractivity contribution in [2.75, 3.05) is 19.6 Å². The summed E-state index contributed by atoms with van der Waals surface area (Å²) in [7, 11) is 0. The Hall–Kier alpha value is -10.8. The number of benzene rings is 13. The highest BCUT2D eigenvalue weighted by Crippen LogP contribution is 2.52. The van der Waals surface area contributed by atoms with Gasteiger partial charge >= 0.3 is 0 Å². The van der Waals surface area contributed by atoms with Crippen molar-refractivity contribution in [1.29, 1.82) is 0 Å². The molecule has 0 unspecified atom stereocenters. The fourth-order valence-corrected chi connectivity index (χ4v) is 15.8. The minimum absolute atomic E-state index is 0.0518. The van der Waals surface area contributed by atoms with Crippen molar-refractivity contribution in [3.8, 4) is 0 Å². The highest BCUT2D eigenvalue weighted by atomic mass is 32.1. The van der Waals surface area contributed by atoms with E-state index in [1.54, 1.807) is 0 Å². The molecule has 13 aromatic carbocycles. The third kappa shape index (κ3) is 8.54. The highest BCUT2D eigenvalue weighted by molar-refractivity contribution is 7.25. The summed E-state index contributed by atoms with van der Waals surface area (Å²) in [6.07, 6.45) is 0. The monoisotopic (exact) mass is 1200 g/mol. The van der Waals surface area contributed by atoms with Crippen LogP contribution in [0.1, 0.15) is 52.7 Å². The van der Waals surface area contributed by atoms with Gasteiger partial charge in [-0.25, -0.2) is 0 Å². The van der Waals surface area contributed by atoms with Crippen LogP contribution in [0, 0.1) is 0 Å². The van der Waals surface area contributed by atoms with Gasteiger partial charge in [-0.2, -0.15) is 0 Å². The van der Waals surface area contributed by atoms with Gasteiger partial charge in [-0.15, -0.1) is 11.3 Å². The first-order valence-electron chi connectivity index (χ1n) is 31.9. The van der Waals surface area contributed by atoms with Gasteiger partial charge in [-0.1, -0.05) is 193 Å². The molecule has 0 aliphatic carbocycles. The van der Waals surface area contributed by atoms with E-state index in [0.717, 1.165) is 112 Å². The summed E-state index contributed by atoms with van der Waals surface area (Å²) in [6, 6.07) is 101. The first kappa shape index (κ1) is 54.2. The van der Waals surface area contributed by atoms with Gasteiger partial charge in [-0.3, -0.25) is 0 Å². The summed E-state index contributed by atoms with van der Waals surface area (Å²) >= 11 is 1.84. The van der Waals surface area contributed by atoms with Crippen LogP contribution < -0.4 is 36.0 Å². The minimum atomic E-state index is -0.229. The lowest BCUT2D eigenvalue weighted by Gasteiger charge is -2.45. The van der Waals surface area contributed by atoms with E-state index in [1.807, 2.05) is 11.3 Å². The average molecular weight is 1200 g/mol. The van der Waals surface area contributed by atoms with Crippen molar-refractivity contribution in [3.05, 3.63) is 284 Å². The highest BCUT2D eigenvalue weighted by Gasteiger charge is 2.45. The van der Waals surface area contributed by atoms with Crippen molar-refractivity contribution < 1.29 is 8.83 Å². The summed E-state index contributed by atoms with van der Waals surface area (Å²) in [5.74, 6) is 0. The van der Waals surface area contributed by atoms with E-state index in [2.05, 4.69) is 334 Å². The van der Waals surface area contributed by atoms with Crippen molar-refractivity contribution in [2.45, 2.75) is 52.4 Å². The molecule has 0 spiro atoms. The largest absolute Gasteiger partial charge is 0.456 e. The Labute approximate surface area is 539 Å². The number of anilines is 12. The first-order valence-corrected chi connectivity index (χ1v) is 32.7. The molecule has 0 bridgehead atoms. The van der Waals surface area contributed by atoms with Gasteiger partial charge in [-0.05, 0) is 164 Å². The number of hydrogen-bond acceptors (Lipinski definition) is 7. The molecule has 0 fully saturated rings. The average Bonchev–Trinajstić information content (AvgIpc) is 0.751. The molecule has 18 rings (SSSR count). The molecule has 0 saturated carbocycles. The zero-order chi connectivity index (χ0) is 61.7. The predicted octanol–water partition coefficient (Wildman–Crippen LogP) is 22.6. The molecule has 6 nitrogen and oxygen atoms in total. The fraction of sp³-hybridized carbons (Fsp3) is 0.0952. The van der Waals surface area contributed by atoms with Crippen molar-refractivity contribution in [1.82, 2.24) is 0 Å². The predicted molar refractivity (Wildman–Crippen MR) is 392 cm³/mol. The molecule has 0 amide bonds. The summed E-state index contributed by atoms with van der Waals surface area (Å²) in [4.78, 5) is 9.98. The van der Waals surface area contributed by atoms with E-state index >= 15 is 0 Å². The molecule has 0 atom stereocenters. The number of para-hydroxylation sites is 4. The number of fused-ring (bicyclic) bond motifs is 14. The lowest BCUT2D eigenvalue weighted by Crippen LogP contribution is -2.61. The Morgan fingerprint density at radius 3 is 1.59 bits per heavy atom. The van der Waals surface area contributed by atoms with Crippen molar-refractivity contribution in [2.24, 2.45) is 0 Å². The fourth-order valence-electron chi connectivity index (χ4n) is 14.8. The van der Waals surface area contributed by atoms with E-state index in [4.69, 9.17) is 8.83 Å². The molecule has 8 heteroatoms. The number of rotatable bonds is 8. The molecule has 440 valence electrons. The van der Waals surface area contributed by atoms with E-state index in [1.165, 1.54) is 58.5 Å². The topological polar surface area (TPSA) is 39.2 Å². The Morgan fingerprint density at radius 1 is 0.337 bits per heavy atom. The Balaban J connectivity index is 0.963. The molecule has 2 aliphatic heterocycles. The molecular weight excluding hydrogens is 1140 g/mol. The van der Waals surface area contributed by atoms with Crippen LogP contribution in [0.2, 0.25) is 0 Å². The van der Waals surface area contributed by atoms with Crippen LogP contribution in [0.3, 0.4) is 0 Å². The number of thiophene rings is 1. The maximum Gasteiger partial charge on any atom is 0.252 e. The standard InChI is InChI=1S/C84H63BN4O2S/c1-83(2,3)54-32-37-57(38-33-54)88-72-47-61(87(60-42-44-80-68(46-60)65-25-14-17-30-79(65)92-80)71-27-18-26-66-63-23-12-16-29-77(63)91-82(66)71)41-43-69(72)85-70-50-67-64-24-13-15-28-76(64)90-78(67)51-73(70)89(58-39-34-55(35-40-58)84(4,5)6)75-49-62(48-74(88)81(75)85)86(56-21-8-7-9-22-56)59-36-31-52-19-10-11-20-53(52)45-59/h7-51H,1-6H3. The second-order valence-electron chi connectivity index (χ2n) is 26.9. The van der Waals surface area contributed by atoms with Crippen molar-refractivity contribution >= 4 is 178 Å². The third-order valence-electron chi connectivity index (χ3n) is 19.3. The van der Waals surface area contributed by atoms with Crippen LogP contribution in [0.15, 0.2) is 282 Å². The quantitative estimate of drug-likeness (QED) is 0.141. The van der Waals surface area contributed by atoms with E-state index < -0.39 is 0 Å².